The predicted molar refractivity (Wildman–Crippen MR) is 95.0 cm³/mol. The molecule has 1 aromatic carbocycles. The smallest absolute Gasteiger partial charge is 0.323 e. The van der Waals surface area contributed by atoms with Gasteiger partial charge in [0.05, 0.1) is 28.8 Å². The molecule has 7 nitrogen and oxygen atoms in total. The van der Waals surface area contributed by atoms with Gasteiger partial charge in [-0.05, 0) is 37.0 Å². The first-order chi connectivity index (χ1) is 12.0. The van der Waals surface area contributed by atoms with E-state index in [2.05, 4.69) is 10.6 Å². The highest BCUT2D eigenvalue weighted by atomic mass is 35.5. The Morgan fingerprint density at radius 1 is 1.28 bits per heavy atom. The van der Waals surface area contributed by atoms with Crippen LogP contribution in [0.4, 0.5) is 10.5 Å². The van der Waals surface area contributed by atoms with E-state index in [0.29, 0.717) is 32.2 Å². The Morgan fingerprint density at radius 3 is 2.68 bits per heavy atom. The number of allylic oxidation sites excluding steroid dienone is 1. The topological polar surface area (TPSA) is 87.7 Å². The van der Waals surface area contributed by atoms with Crippen molar-refractivity contribution in [1.29, 1.82) is 0 Å². The second-order valence-electron chi connectivity index (χ2n) is 5.95. The van der Waals surface area contributed by atoms with E-state index in [1.165, 1.54) is 22.5 Å². The van der Waals surface area contributed by atoms with Gasteiger partial charge in [-0.1, -0.05) is 17.7 Å². The van der Waals surface area contributed by atoms with Gasteiger partial charge in [-0.25, -0.2) is 13.2 Å². The summed E-state index contributed by atoms with van der Waals surface area (Å²) in [5.41, 5.74) is 0.244. The second kappa shape index (κ2) is 7.74. The Hall–Kier alpha value is -1.61. The summed E-state index contributed by atoms with van der Waals surface area (Å²) in [7, 11) is -3.65. The molecule has 2 fully saturated rings. The quantitative estimate of drug-likeness (QED) is 0.814. The van der Waals surface area contributed by atoms with Crippen LogP contribution in [0.1, 0.15) is 12.8 Å². The van der Waals surface area contributed by atoms with Gasteiger partial charge in [-0.15, -0.1) is 0 Å². The number of ether oxygens (including phenoxy) is 1. The molecule has 1 aliphatic carbocycles. The van der Waals surface area contributed by atoms with Crippen molar-refractivity contribution in [3.05, 3.63) is 35.5 Å². The van der Waals surface area contributed by atoms with Crippen LogP contribution in [-0.4, -0.2) is 45.1 Å². The fourth-order valence-corrected chi connectivity index (χ4v) is 4.00. The number of nitrogens with one attached hydrogen (secondary N) is 2. The first-order valence-corrected chi connectivity index (χ1v) is 9.90. The van der Waals surface area contributed by atoms with Gasteiger partial charge in [0.1, 0.15) is 0 Å². The van der Waals surface area contributed by atoms with Crippen LogP contribution in [0.15, 0.2) is 35.4 Å². The third-order valence-electron chi connectivity index (χ3n) is 4.00. The Bertz CT molecular complexity index is 772. The zero-order valence-electron chi connectivity index (χ0n) is 13.6. The van der Waals surface area contributed by atoms with Gasteiger partial charge in [-0.3, -0.25) is 0 Å². The number of hydrogen-bond donors (Lipinski definition) is 2. The van der Waals surface area contributed by atoms with Crippen LogP contribution >= 0.6 is 11.6 Å². The Kier molecular flexibility index (Phi) is 5.63. The molecule has 1 aliphatic heterocycles. The monoisotopic (exact) mass is 385 g/mol. The van der Waals surface area contributed by atoms with Crippen molar-refractivity contribution < 1.29 is 17.9 Å². The number of rotatable bonds is 5. The number of benzene rings is 1. The van der Waals surface area contributed by atoms with Crippen molar-refractivity contribution in [2.45, 2.75) is 17.7 Å². The summed E-state index contributed by atoms with van der Waals surface area (Å²) in [5.74, 6) is 0.547. The average molecular weight is 386 g/mol. The number of nitrogens with zero attached hydrogens (tertiary/aromatic N) is 1. The van der Waals surface area contributed by atoms with Crippen molar-refractivity contribution in [2.24, 2.45) is 5.92 Å². The maximum atomic E-state index is 12.7. The second-order valence-corrected chi connectivity index (χ2v) is 8.30. The molecule has 0 radical (unpaired) electrons. The zero-order chi connectivity index (χ0) is 17.9. The molecule has 1 aromatic rings. The molecule has 1 saturated heterocycles. The highest BCUT2D eigenvalue weighted by Crippen LogP contribution is 2.30. The van der Waals surface area contributed by atoms with Crippen LogP contribution < -0.4 is 10.6 Å². The number of amides is 2. The largest absolute Gasteiger partial charge is 0.379 e. The minimum absolute atomic E-state index is 0.0858. The molecule has 25 heavy (non-hydrogen) atoms. The summed E-state index contributed by atoms with van der Waals surface area (Å²) in [5, 5.41) is 5.43. The van der Waals surface area contributed by atoms with Crippen molar-refractivity contribution >= 4 is 33.3 Å². The molecule has 2 amide bonds. The average Bonchev–Trinajstić information content (AvgIpc) is 3.42. The summed E-state index contributed by atoms with van der Waals surface area (Å²) in [6, 6.07) is 3.80. The van der Waals surface area contributed by atoms with Crippen LogP contribution in [0, 0.1) is 5.92 Å². The summed E-state index contributed by atoms with van der Waals surface area (Å²) in [6.45, 7) is 1.35. The maximum absolute atomic E-state index is 12.7. The number of carbonyl (C=O) groups excluding carboxylic acids is 1. The molecule has 2 N–H and O–H groups in total. The van der Waals surface area contributed by atoms with Crippen LogP contribution in [0.2, 0.25) is 5.02 Å². The van der Waals surface area contributed by atoms with Crippen molar-refractivity contribution in [1.82, 2.24) is 9.62 Å². The molecule has 0 bridgehead atoms. The summed E-state index contributed by atoms with van der Waals surface area (Å²) in [6.07, 6.45) is 5.82. The van der Waals surface area contributed by atoms with Crippen molar-refractivity contribution in [3.63, 3.8) is 0 Å². The van der Waals surface area contributed by atoms with E-state index in [1.807, 2.05) is 6.08 Å². The molecule has 0 atom stereocenters. The van der Waals surface area contributed by atoms with Gasteiger partial charge in [0.2, 0.25) is 10.0 Å². The Morgan fingerprint density at radius 2 is 2.00 bits per heavy atom. The molecule has 136 valence electrons. The zero-order valence-corrected chi connectivity index (χ0v) is 15.1. The first-order valence-electron chi connectivity index (χ1n) is 8.08. The third kappa shape index (κ3) is 4.72. The lowest BCUT2D eigenvalue weighted by Crippen LogP contribution is -2.40. The molecule has 0 spiro atoms. The minimum Gasteiger partial charge on any atom is -0.379 e. The molecule has 1 heterocycles. The molecule has 0 aromatic heterocycles. The standard InChI is InChI=1S/C16H20ClN3O4S/c17-14-4-3-13(25(22,23)20-7-9-24-10-8-20)11-15(14)19-16(21)18-6-5-12-1-2-12/h3-6,11-12H,1-2,7-10H2,(H2,18,19,21)/b6-5+. The van der Waals surface area contributed by atoms with Gasteiger partial charge in [0.25, 0.3) is 0 Å². The van der Waals surface area contributed by atoms with Gasteiger partial charge < -0.3 is 15.4 Å². The first kappa shape index (κ1) is 18.2. The third-order valence-corrected chi connectivity index (χ3v) is 6.22. The van der Waals surface area contributed by atoms with Crippen LogP contribution in [-0.2, 0) is 14.8 Å². The molecule has 1 saturated carbocycles. The molecular weight excluding hydrogens is 366 g/mol. The van der Waals surface area contributed by atoms with E-state index >= 15 is 0 Å². The fraction of sp³-hybridized carbons (Fsp3) is 0.438. The van der Waals surface area contributed by atoms with Crippen molar-refractivity contribution in [3.8, 4) is 0 Å². The number of hydrogen-bond acceptors (Lipinski definition) is 4. The maximum Gasteiger partial charge on any atom is 0.323 e. The Balaban J connectivity index is 1.71. The lowest BCUT2D eigenvalue weighted by molar-refractivity contribution is 0.0730. The molecule has 0 unspecified atom stereocenters. The van der Waals surface area contributed by atoms with Crippen LogP contribution in [0.5, 0.6) is 0 Å². The number of anilines is 1. The van der Waals surface area contributed by atoms with Gasteiger partial charge in [0.15, 0.2) is 0 Å². The fourth-order valence-electron chi connectivity index (χ4n) is 2.40. The lowest BCUT2D eigenvalue weighted by atomic mass is 10.3. The Labute approximate surface area is 152 Å². The van der Waals surface area contributed by atoms with Gasteiger partial charge in [-0.2, -0.15) is 4.31 Å². The normalized spacial score (nSPS) is 19.1. The lowest BCUT2D eigenvalue weighted by Gasteiger charge is -2.26. The molecule has 9 heteroatoms. The van der Waals surface area contributed by atoms with E-state index in [-0.39, 0.29) is 15.6 Å². The van der Waals surface area contributed by atoms with Gasteiger partial charge >= 0.3 is 6.03 Å². The molecule has 3 rings (SSSR count). The molecular formula is C16H20ClN3O4S. The highest BCUT2D eigenvalue weighted by molar-refractivity contribution is 7.89. The van der Waals surface area contributed by atoms with E-state index in [9.17, 15) is 13.2 Å². The van der Waals surface area contributed by atoms with E-state index in [0.717, 1.165) is 12.8 Å². The SMILES string of the molecule is O=C(N/C=C/C1CC1)Nc1cc(S(=O)(=O)N2CCOCC2)ccc1Cl. The number of carbonyl (C=O) groups is 1. The number of sulfonamides is 1. The number of urea groups is 1. The van der Waals surface area contributed by atoms with Gasteiger partial charge in [0, 0.05) is 19.3 Å². The van der Waals surface area contributed by atoms with Crippen LogP contribution in [0.25, 0.3) is 0 Å². The van der Waals surface area contributed by atoms with Crippen LogP contribution in [0.3, 0.4) is 0 Å². The minimum atomic E-state index is -3.65. The summed E-state index contributed by atoms with van der Waals surface area (Å²) in [4.78, 5) is 12.0. The summed E-state index contributed by atoms with van der Waals surface area (Å²) < 4.78 is 31.9. The van der Waals surface area contributed by atoms with E-state index in [4.69, 9.17) is 16.3 Å². The number of morpholine rings is 1. The summed E-state index contributed by atoms with van der Waals surface area (Å²) >= 11 is 6.08. The number of halogens is 1. The van der Waals surface area contributed by atoms with E-state index in [1.54, 1.807) is 6.20 Å². The van der Waals surface area contributed by atoms with E-state index < -0.39 is 16.1 Å². The molecule has 2 aliphatic rings. The predicted octanol–water partition coefficient (Wildman–Crippen LogP) is 2.41. The highest BCUT2D eigenvalue weighted by Gasteiger charge is 2.27. The van der Waals surface area contributed by atoms with Crippen molar-refractivity contribution in [2.75, 3.05) is 31.6 Å².